The maximum absolute atomic E-state index is 13.9. The normalized spacial score (nSPS) is 16.7. The number of rotatable bonds is 4. The lowest BCUT2D eigenvalue weighted by atomic mass is 10.00. The van der Waals surface area contributed by atoms with Gasteiger partial charge < -0.3 is 9.64 Å². The summed E-state index contributed by atoms with van der Waals surface area (Å²) >= 11 is 0. The molecule has 0 atom stereocenters. The Hall–Kier alpha value is -3.29. The molecule has 1 aliphatic heterocycles. The van der Waals surface area contributed by atoms with Crippen molar-refractivity contribution >= 4 is 17.4 Å². The molecule has 4 rings (SSSR count). The number of allylic oxidation sites excluding steroid dienone is 4. The Morgan fingerprint density at radius 1 is 1.18 bits per heavy atom. The van der Waals surface area contributed by atoms with E-state index in [9.17, 15) is 9.18 Å². The predicted octanol–water partition coefficient (Wildman–Crippen LogP) is 3.51. The SMILES string of the molecule is Cc1ccc(NC(=O)N2CC(Oc3ccc(C4=CCCC=C4F)cn3)C2)nn1. The zero-order valence-corrected chi connectivity index (χ0v) is 15.4. The van der Waals surface area contributed by atoms with Crippen LogP contribution in [0.4, 0.5) is 15.0 Å². The first-order valence-corrected chi connectivity index (χ1v) is 9.14. The predicted molar refractivity (Wildman–Crippen MR) is 102 cm³/mol. The van der Waals surface area contributed by atoms with Gasteiger partial charge in [-0.2, -0.15) is 5.10 Å². The lowest BCUT2D eigenvalue weighted by Gasteiger charge is -2.38. The molecule has 0 unspecified atom stereocenters. The van der Waals surface area contributed by atoms with E-state index in [1.165, 1.54) is 0 Å². The number of carbonyl (C=O) groups excluding carboxylic acids is 1. The molecule has 8 heteroatoms. The molecule has 2 aromatic rings. The zero-order valence-electron chi connectivity index (χ0n) is 15.4. The molecule has 2 amide bonds. The standard InChI is InChI=1S/C20H20FN5O2/c1-13-6-8-18(25-24-13)23-20(27)26-11-15(12-26)28-19-9-7-14(10-22-19)16-4-2-3-5-17(16)21/h4-10,15H,2-3,11-12H2,1H3,(H,23,25,27). The summed E-state index contributed by atoms with van der Waals surface area (Å²) in [6.45, 7) is 2.74. The molecule has 0 bridgehead atoms. The summed E-state index contributed by atoms with van der Waals surface area (Å²) in [5.74, 6) is 0.662. The number of nitrogens with one attached hydrogen (secondary N) is 1. The number of amides is 2. The maximum Gasteiger partial charge on any atom is 0.323 e. The largest absolute Gasteiger partial charge is 0.471 e. The van der Waals surface area contributed by atoms with E-state index in [4.69, 9.17) is 4.74 Å². The van der Waals surface area contributed by atoms with Gasteiger partial charge in [0.25, 0.3) is 0 Å². The van der Waals surface area contributed by atoms with E-state index >= 15 is 0 Å². The van der Waals surface area contributed by atoms with E-state index in [-0.39, 0.29) is 18.0 Å². The number of carbonyl (C=O) groups is 1. The van der Waals surface area contributed by atoms with Crippen molar-refractivity contribution in [3.05, 3.63) is 59.7 Å². The number of halogens is 1. The molecule has 7 nitrogen and oxygen atoms in total. The first-order valence-electron chi connectivity index (χ1n) is 9.14. The Bertz CT molecular complexity index is 919. The molecule has 3 heterocycles. The van der Waals surface area contributed by atoms with Crippen molar-refractivity contribution in [2.75, 3.05) is 18.4 Å². The van der Waals surface area contributed by atoms with Crippen LogP contribution in [0.15, 0.2) is 48.4 Å². The third kappa shape index (κ3) is 4.00. The van der Waals surface area contributed by atoms with Gasteiger partial charge in [-0.1, -0.05) is 6.08 Å². The van der Waals surface area contributed by atoms with Crippen molar-refractivity contribution < 1.29 is 13.9 Å². The van der Waals surface area contributed by atoms with Crippen LogP contribution in [0.5, 0.6) is 5.88 Å². The molecule has 2 aromatic heterocycles. The second kappa shape index (κ2) is 7.75. The highest BCUT2D eigenvalue weighted by atomic mass is 19.1. The minimum Gasteiger partial charge on any atom is -0.471 e. The van der Waals surface area contributed by atoms with Gasteiger partial charge in [0.1, 0.15) is 11.9 Å². The van der Waals surface area contributed by atoms with Crippen molar-refractivity contribution in [1.82, 2.24) is 20.1 Å². The lowest BCUT2D eigenvalue weighted by Crippen LogP contribution is -2.57. The van der Waals surface area contributed by atoms with Gasteiger partial charge >= 0.3 is 6.03 Å². The molecule has 1 fully saturated rings. The fraction of sp³-hybridized carbons (Fsp3) is 0.300. The number of hydrogen-bond acceptors (Lipinski definition) is 5. The second-order valence-corrected chi connectivity index (χ2v) is 6.77. The van der Waals surface area contributed by atoms with Gasteiger partial charge in [0.05, 0.1) is 18.8 Å². The number of hydrogen-bond donors (Lipinski definition) is 1. The minimum absolute atomic E-state index is 0.126. The van der Waals surface area contributed by atoms with Crippen molar-refractivity contribution in [3.8, 4) is 5.88 Å². The summed E-state index contributed by atoms with van der Waals surface area (Å²) in [7, 11) is 0. The summed E-state index contributed by atoms with van der Waals surface area (Å²) in [4.78, 5) is 18.0. The average molecular weight is 381 g/mol. The van der Waals surface area contributed by atoms with Crippen LogP contribution in [0.25, 0.3) is 5.57 Å². The van der Waals surface area contributed by atoms with Crippen molar-refractivity contribution in [1.29, 1.82) is 0 Å². The van der Waals surface area contributed by atoms with Crippen LogP contribution in [0.1, 0.15) is 24.1 Å². The van der Waals surface area contributed by atoms with Gasteiger partial charge in [-0.3, -0.25) is 5.32 Å². The molecule has 0 spiro atoms. The van der Waals surface area contributed by atoms with Crippen LogP contribution in [0, 0.1) is 6.92 Å². The number of ether oxygens (including phenoxy) is 1. The van der Waals surface area contributed by atoms with Gasteiger partial charge in [-0.25, -0.2) is 14.2 Å². The highest BCUT2D eigenvalue weighted by molar-refractivity contribution is 5.88. The number of pyridine rings is 1. The van der Waals surface area contributed by atoms with E-state index in [1.54, 1.807) is 41.4 Å². The first-order chi connectivity index (χ1) is 13.6. The Morgan fingerprint density at radius 2 is 2.00 bits per heavy atom. The summed E-state index contributed by atoms with van der Waals surface area (Å²) in [5, 5.41) is 10.5. The van der Waals surface area contributed by atoms with Gasteiger partial charge in [-0.15, -0.1) is 5.10 Å². The van der Waals surface area contributed by atoms with Gasteiger partial charge in [0.15, 0.2) is 5.82 Å². The van der Waals surface area contributed by atoms with E-state index in [0.29, 0.717) is 30.4 Å². The molecule has 0 radical (unpaired) electrons. The number of aryl methyl sites for hydroxylation is 1. The van der Waals surface area contributed by atoms with Gasteiger partial charge in [0.2, 0.25) is 5.88 Å². The summed E-state index contributed by atoms with van der Waals surface area (Å²) in [5.41, 5.74) is 2.10. The quantitative estimate of drug-likeness (QED) is 0.877. The third-order valence-electron chi connectivity index (χ3n) is 4.60. The first kappa shape index (κ1) is 18.1. The zero-order chi connectivity index (χ0) is 19.5. The van der Waals surface area contributed by atoms with Crippen LogP contribution in [-0.4, -0.2) is 45.3 Å². The van der Waals surface area contributed by atoms with E-state index in [1.807, 2.05) is 13.0 Å². The Kier molecular flexibility index (Phi) is 5.01. The van der Waals surface area contributed by atoms with E-state index in [2.05, 4.69) is 20.5 Å². The molecule has 0 aromatic carbocycles. The highest BCUT2D eigenvalue weighted by Crippen LogP contribution is 2.29. The number of aromatic nitrogens is 3. The van der Waals surface area contributed by atoms with Crippen LogP contribution >= 0.6 is 0 Å². The van der Waals surface area contributed by atoms with Crippen molar-refractivity contribution in [2.45, 2.75) is 25.9 Å². The number of anilines is 1. The molecular weight excluding hydrogens is 361 g/mol. The molecule has 144 valence electrons. The van der Waals surface area contributed by atoms with Crippen LogP contribution in [0.2, 0.25) is 0 Å². The second-order valence-electron chi connectivity index (χ2n) is 6.77. The smallest absolute Gasteiger partial charge is 0.323 e. The van der Waals surface area contributed by atoms with Crippen molar-refractivity contribution in [3.63, 3.8) is 0 Å². The lowest BCUT2D eigenvalue weighted by molar-refractivity contribution is 0.0460. The fourth-order valence-corrected chi connectivity index (χ4v) is 3.01. The minimum atomic E-state index is -0.243. The van der Waals surface area contributed by atoms with E-state index in [0.717, 1.165) is 24.1 Å². The van der Waals surface area contributed by atoms with Crippen LogP contribution < -0.4 is 10.1 Å². The van der Waals surface area contributed by atoms with Gasteiger partial charge in [0, 0.05) is 23.4 Å². The topological polar surface area (TPSA) is 80.2 Å². The highest BCUT2D eigenvalue weighted by Gasteiger charge is 2.32. The van der Waals surface area contributed by atoms with Crippen LogP contribution in [-0.2, 0) is 0 Å². The van der Waals surface area contributed by atoms with Gasteiger partial charge in [-0.05, 0) is 44.0 Å². The number of likely N-dealkylation sites (tertiary alicyclic amines) is 1. The molecule has 0 saturated carbocycles. The monoisotopic (exact) mass is 381 g/mol. The fourth-order valence-electron chi connectivity index (χ4n) is 3.01. The maximum atomic E-state index is 13.9. The molecule has 28 heavy (non-hydrogen) atoms. The molecule has 2 aliphatic rings. The Morgan fingerprint density at radius 3 is 2.68 bits per heavy atom. The average Bonchev–Trinajstić information content (AvgIpc) is 2.67. The van der Waals surface area contributed by atoms with E-state index < -0.39 is 0 Å². The third-order valence-corrected chi connectivity index (χ3v) is 4.60. The summed E-state index contributed by atoms with van der Waals surface area (Å²) in [6, 6.07) is 6.77. The van der Waals surface area contributed by atoms with Crippen molar-refractivity contribution in [2.24, 2.45) is 0 Å². The summed E-state index contributed by atoms with van der Waals surface area (Å²) < 4.78 is 19.7. The Labute approximate surface area is 161 Å². The van der Waals surface area contributed by atoms with Crippen LogP contribution in [0.3, 0.4) is 0 Å². The Balaban J connectivity index is 1.27. The molecular formula is C20H20FN5O2. The molecule has 1 N–H and O–H groups in total. The molecule has 1 saturated heterocycles. The molecule has 1 aliphatic carbocycles. The summed E-state index contributed by atoms with van der Waals surface area (Å²) in [6.07, 6.45) is 6.52. The number of urea groups is 1. The number of nitrogens with zero attached hydrogens (tertiary/aromatic N) is 4.